The maximum atomic E-state index is 13.6. The molecule has 9 heteroatoms. The Labute approximate surface area is 193 Å². The Morgan fingerprint density at radius 2 is 1.90 bits per heavy atom. The van der Waals surface area contributed by atoms with Crippen molar-refractivity contribution in [1.82, 2.24) is 20.0 Å². The van der Waals surface area contributed by atoms with Crippen LogP contribution in [0.4, 0.5) is 4.39 Å². The Balaban J connectivity index is 0.00000320. The van der Waals surface area contributed by atoms with Crippen LogP contribution >= 0.6 is 24.0 Å². The van der Waals surface area contributed by atoms with Gasteiger partial charge < -0.3 is 24.4 Å². The van der Waals surface area contributed by atoms with E-state index in [1.807, 2.05) is 20.2 Å². The maximum absolute atomic E-state index is 13.6. The number of carbonyl (C=O) groups excluding carboxylic acids is 1. The summed E-state index contributed by atoms with van der Waals surface area (Å²) in [5.74, 6) is 0.815. The van der Waals surface area contributed by atoms with E-state index < -0.39 is 0 Å². The molecule has 1 aliphatic heterocycles. The van der Waals surface area contributed by atoms with Crippen molar-refractivity contribution in [3.63, 3.8) is 0 Å². The third kappa shape index (κ3) is 5.94. The molecule has 1 aliphatic rings. The molecule has 1 amide bonds. The van der Waals surface area contributed by atoms with Gasteiger partial charge in [0.05, 0.1) is 12.3 Å². The van der Waals surface area contributed by atoms with Crippen LogP contribution < -0.4 is 5.32 Å². The van der Waals surface area contributed by atoms with Gasteiger partial charge in [0.25, 0.3) is 5.91 Å². The number of furan rings is 1. The predicted octanol–water partition coefficient (Wildman–Crippen LogP) is 2.67. The molecule has 2 heterocycles. The van der Waals surface area contributed by atoms with Crippen molar-refractivity contribution in [2.24, 2.45) is 4.99 Å². The Morgan fingerprint density at radius 1 is 1.20 bits per heavy atom. The summed E-state index contributed by atoms with van der Waals surface area (Å²) in [7, 11) is 5.69. The minimum absolute atomic E-state index is 0. The maximum Gasteiger partial charge on any atom is 0.289 e. The van der Waals surface area contributed by atoms with Crippen LogP contribution in [-0.4, -0.2) is 80.4 Å². The van der Waals surface area contributed by atoms with Crippen LogP contribution in [0.5, 0.6) is 0 Å². The van der Waals surface area contributed by atoms with Crippen LogP contribution in [0.1, 0.15) is 22.2 Å². The van der Waals surface area contributed by atoms with Gasteiger partial charge in [0.15, 0.2) is 11.7 Å². The molecule has 0 saturated carbocycles. The summed E-state index contributed by atoms with van der Waals surface area (Å²) in [4.78, 5) is 22.8. The lowest BCUT2D eigenvalue weighted by Crippen LogP contribution is -2.54. The van der Waals surface area contributed by atoms with E-state index in [2.05, 4.69) is 20.1 Å². The number of likely N-dealkylation sites (N-methyl/N-ethyl adjacent to an activating group) is 1. The van der Waals surface area contributed by atoms with E-state index in [4.69, 9.17) is 4.42 Å². The highest BCUT2D eigenvalue weighted by atomic mass is 127. The number of hydrogen-bond donors (Lipinski definition) is 1. The van der Waals surface area contributed by atoms with Crippen LogP contribution in [0.25, 0.3) is 0 Å². The van der Waals surface area contributed by atoms with E-state index in [9.17, 15) is 9.18 Å². The van der Waals surface area contributed by atoms with Gasteiger partial charge in [-0.1, -0.05) is 12.1 Å². The number of aliphatic imine (C=N–C) groups is 1. The first kappa shape index (κ1) is 24.1. The first-order valence-electron chi connectivity index (χ1n) is 9.70. The number of rotatable bonds is 5. The summed E-state index contributed by atoms with van der Waals surface area (Å²) < 4.78 is 18.9. The second-order valence-electron chi connectivity index (χ2n) is 7.22. The van der Waals surface area contributed by atoms with Crippen molar-refractivity contribution < 1.29 is 13.6 Å². The first-order valence-corrected chi connectivity index (χ1v) is 9.70. The molecule has 0 spiro atoms. The highest BCUT2D eigenvalue weighted by Gasteiger charge is 2.25. The zero-order valence-corrected chi connectivity index (χ0v) is 19.9. The molecule has 164 valence electrons. The minimum atomic E-state index is -0.240. The number of nitrogens with one attached hydrogen (secondary N) is 1. The molecule has 0 aliphatic carbocycles. The highest BCUT2D eigenvalue weighted by Crippen LogP contribution is 2.18. The molecule has 1 N–H and O–H groups in total. The van der Waals surface area contributed by atoms with E-state index >= 15 is 0 Å². The van der Waals surface area contributed by atoms with E-state index in [1.165, 1.54) is 12.3 Å². The van der Waals surface area contributed by atoms with Gasteiger partial charge in [0, 0.05) is 39.8 Å². The Kier molecular flexibility index (Phi) is 9.09. The van der Waals surface area contributed by atoms with Gasteiger partial charge in [-0.2, -0.15) is 0 Å². The second-order valence-corrected chi connectivity index (χ2v) is 7.22. The lowest BCUT2D eigenvalue weighted by molar-refractivity contribution is 0.0657. The monoisotopic (exact) mass is 529 g/mol. The molecular weight excluding hydrogens is 500 g/mol. The summed E-state index contributed by atoms with van der Waals surface area (Å²) in [6.07, 6.45) is 1.51. The van der Waals surface area contributed by atoms with Crippen molar-refractivity contribution in [3.05, 3.63) is 59.8 Å². The zero-order valence-electron chi connectivity index (χ0n) is 17.5. The summed E-state index contributed by atoms with van der Waals surface area (Å²) in [5, 5.41) is 3.40. The largest absolute Gasteiger partial charge is 0.459 e. The van der Waals surface area contributed by atoms with Gasteiger partial charge >= 0.3 is 0 Å². The molecule has 1 aromatic carbocycles. The SMILES string of the molecule is CN=C(NCC(c1cccc(F)c1)N(C)C)N1CCN(C(=O)c2ccco2)CC1.I. The van der Waals surface area contributed by atoms with Crippen molar-refractivity contribution in [1.29, 1.82) is 0 Å². The van der Waals surface area contributed by atoms with Crippen molar-refractivity contribution >= 4 is 35.8 Å². The number of amides is 1. The van der Waals surface area contributed by atoms with Gasteiger partial charge in [-0.15, -0.1) is 24.0 Å². The number of nitrogens with zero attached hydrogens (tertiary/aromatic N) is 4. The standard InChI is InChI=1S/C21H28FN5O2.HI/c1-23-21(24-15-18(25(2)3)16-6-4-7-17(22)14-16)27-11-9-26(10-12-27)20(28)19-8-5-13-29-19;/h4-8,13-14,18H,9-12,15H2,1-3H3,(H,23,24);1H. The number of halogens is 2. The molecule has 3 rings (SSSR count). The molecule has 0 radical (unpaired) electrons. The fraction of sp³-hybridized carbons (Fsp3) is 0.429. The van der Waals surface area contributed by atoms with Gasteiger partial charge in [0.2, 0.25) is 0 Å². The third-order valence-corrected chi connectivity index (χ3v) is 5.12. The number of carbonyl (C=O) groups is 1. The molecule has 1 aromatic heterocycles. The summed E-state index contributed by atoms with van der Waals surface area (Å²) in [5.41, 5.74) is 0.909. The van der Waals surface area contributed by atoms with E-state index in [1.54, 1.807) is 36.2 Å². The number of guanidine groups is 1. The topological polar surface area (TPSA) is 64.3 Å². The molecule has 30 heavy (non-hydrogen) atoms. The molecular formula is C21H29FIN5O2. The quantitative estimate of drug-likeness (QED) is 0.367. The van der Waals surface area contributed by atoms with Crippen molar-refractivity contribution in [3.8, 4) is 0 Å². The lowest BCUT2D eigenvalue weighted by atomic mass is 10.1. The van der Waals surface area contributed by atoms with Gasteiger partial charge in [0.1, 0.15) is 5.82 Å². The normalized spacial score (nSPS) is 15.7. The highest BCUT2D eigenvalue weighted by molar-refractivity contribution is 14.0. The second kappa shape index (κ2) is 11.3. The third-order valence-electron chi connectivity index (χ3n) is 5.12. The van der Waals surface area contributed by atoms with Gasteiger partial charge in [-0.25, -0.2) is 4.39 Å². The number of piperazine rings is 1. The van der Waals surface area contributed by atoms with Crippen LogP contribution in [0.15, 0.2) is 52.1 Å². The molecule has 2 aromatic rings. The molecule has 1 atom stereocenters. The number of hydrogen-bond acceptors (Lipinski definition) is 4. The van der Waals surface area contributed by atoms with Crippen LogP contribution in [0.3, 0.4) is 0 Å². The summed E-state index contributed by atoms with van der Waals surface area (Å²) in [6.45, 7) is 3.15. The number of benzene rings is 1. The Bertz CT molecular complexity index is 836. The summed E-state index contributed by atoms with van der Waals surface area (Å²) >= 11 is 0. The molecule has 1 fully saturated rings. The minimum Gasteiger partial charge on any atom is -0.459 e. The fourth-order valence-electron chi connectivity index (χ4n) is 3.51. The van der Waals surface area contributed by atoms with Gasteiger partial charge in [-0.3, -0.25) is 9.79 Å². The fourth-order valence-corrected chi connectivity index (χ4v) is 3.51. The van der Waals surface area contributed by atoms with Crippen molar-refractivity contribution in [2.45, 2.75) is 6.04 Å². The van der Waals surface area contributed by atoms with Crippen LogP contribution in [0.2, 0.25) is 0 Å². The molecule has 7 nitrogen and oxygen atoms in total. The average Bonchev–Trinajstić information content (AvgIpc) is 3.25. The van der Waals surface area contributed by atoms with Crippen molar-refractivity contribution in [2.75, 3.05) is 53.9 Å². The average molecular weight is 529 g/mol. The Hall–Kier alpha value is -2.14. The van der Waals surface area contributed by atoms with Crippen LogP contribution in [-0.2, 0) is 0 Å². The van der Waals surface area contributed by atoms with E-state index in [-0.39, 0.29) is 41.7 Å². The lowest BCUT2D eigenvalue weighted by Gasteiger charge is -2.37. The molecule has 1 saturated heterocycles. The van der Waals surface area contributed by atoms with E-state index in [0.29, 0.717) is 38.5 Å². The van der Waals surface area contributed by atoms with Gasteiger partial charge in [-0.05, 0) is 43.9 Å². The smallest absolute Gasteiger partial charge is 0.289 e. The van der Waals surface area contributed by atoms with Crippen LogP contribution in [0, 0.1) is 5.82 Å². The molecule has 0 bridgehead atoms. The Morgan fingerprint density at radius 3 is 2.47 bits per heavy atom. The summed E-state index contributed by atoms with van der Waals surface area (Å²) in [6, 6.07) is 10.1. The van der Waals surface area contributed by atoms with E-state index in [0.717, 1.165) is 11.5 Å². The zero-order chi connectivity index (χ0) is 20.8. The molecule has 1 unspecified atom stereocenters. The first-order chi connectivity index (χ1) is 14.0. The predicted molar refractivity (Wildman–Crippen MR) is 126 cm³/mol.